The molecule has 0 spiro atoms. The molecule has 0 aromatic rings. The van der Waals surface area contributed by atoms with Crippen LogP contribution in [0, 0.1) is 0 Å². The maximum atomic E-state index is 12.6. The van der Waals surface area contributed by atoms with Gasteiger partial charge in [-0.3, -0.25) is 4.79 Å². The summed E-state index contributed by atoms with van der Waals surface area (Å²) in [7, 11) is 0. The van der Waals surface area contributed by atoms with Gasteiger partial charge in [-0.2, -0.15) is 0 Å². The molecule has 0 aliphatic carbocycles. The van der Waals surface area contributed by atoms with Gasteiger partial charge in [-0.05, 0) is 19.8 Å². The van der Waals surface area contributed by atoms with Crippen LogP contribution in [0.15, 0.2) is 0 Å². The predicted octanol–water partition coefficient (Wildman–Crippen LogP) is 1.66. The van der Waals surface area contributed by atoms with Gasteiger partial charge in [0.1, 0.15) is 6.04 Å². The molecule has 5 nitrogen and oxygen atoms in total. The Labute approximate surface area is 118 Å². The van der Waals surface area contributed by atoms with Crippen LogP contribution in [0.3, 0.4) is 0 Å². The van der Waals surface area contributed by atoms with Crippen molar-refractivity contribution in [3.05, 3.63) is 0 Å². The van der Waals surface area contributed by atoms with Crippen LogP contribution in [0.2, 0.25) is 0 Å². The van der Waals surface area contributed by atoms with Gasteiger partial charge in [0.05, 0.1) is 10.9 Å². The second-order valence-electron chi connectivity index (χ2n) is 5.31. The largest absolute Gasteiger partial charge is 0.480 e. The van der Waals surface area contributed by atoms with E-state index in [4.69, 9.17) is 5.73 Å². The summed E-state index contributed by atoms with van der Waals surface area (Å²) < 4.78 is 0. The number of thioether (sulfide) groups is 1. The van der Waals surface area contributed by atoms with E-state index in [1.165, 1.54) is 4.90 Å². The van der Waals surface area contributed by atoms with Crippen molar-refractivity contribution in [1.29, 1.82) is 0 Å². The standard InChI is InChI=1S/C13H24N2O3S/c1-4-6-10-15(9(8-19-10)11(16)17)12(18)13(3,14)7-5-2/h9-10H,4-8,14H2,1-3H3,(H,16,17). The van der Waals surface area contributed by atoms with Gasteiger partial charge in [0.15, 0.2) is 0 Å². The number of carboxylic acid groups (broad SMARTS) is 1. The third-order valence-corrected chi connectivity index (χ3v) is 4.76. The number of amides is 1. The second kappa shape index (κ2) is 6.61. The van der Waals surface area contributed by atoms with Crippen molar-refractivity contribution in [3.8, 4) is 0 Å². The Bertz CT molecular complexity index is 347. The molecular weight excluding hydrogens is 264 g/mol. The van der Waals surface area contributed by atoms with E-state index in [9.17, 15) is 14.7 Å². The fraction of sp³-hybridized carbons (Fsp3) is 0.846. The lowest BCUT2D eigenvalue weighted by atomic mass is 9.95. The molecule has 1 amide bonds. The number of carboxylic acids is 1. The van der Waals surface area contributed by atoms with Crippen molar-refractivity contribution in [1.82, 2.24) is 4.90 Å². The minimum atomic E-state index is -0.973. The van der Waals surface area contributed by atoms with Gasteiger partial charge in [0, 0.05) is 5.75 Å². The van der Waals surface area contributed by atoms with Crippen LogP contribution in [-0.4, -0.2) is 44.6 Å². The average molecular weight is 288 g/mol. The molecule has 110 valence electrons. The molecule has 3 N–H and O–H groups in total. The highest BCUT2D eigenvalue weighted by atomic mass is 32.2. The Kier molecular flexibility index (Phi) is 5.67. The Morgan fingerprint density at radius 2 is 2.05 bits per heavy atom. The van der Waals surface area contributed by atoms with E-state index in [0.717, 1.165) is 19.3 Å². The monoisotopic (exact) mass is 288 g/mol. The summed E-state index contributed by atoms with van der Waals surface area (Å²) in [6.07, 6.45) is 3.10. The Morgan fingerprint density at radius 3 is 2.53 bits per heavy atom. The fourth-order valence-electron chi connectivity index (χ4n) is 2.42. The molecule has 1 rings (SSSR count). The molecule has 0 radical (unpaired) electrons. The minimum absolute atomic E-state index is 0.0571. The summed E-state index contributed by atoms with van der Waals surface area (Å²) in [4.78, 5) is 25.4. The van der Waals surface area contributed by atoms with Gasteiger partial charge in [-0.15, -0.1) is 11.8 Å². The number of nitrogens with zero attached hydrogens (tertiary/aromatic N) is 1. The Balaban J connectivity index is 2.95. The zero-order chi connectivity index (χ0) is 14.6. The summed E-state index contributed by atoms with van der Waals surface area (Å²) in [5.74, 6) is -0.717. The molecule has 6 heteroatoms. The number of carbonyl (C=O) groups is 2. The normalized spacial score (nSPS) is 26.2. The van der Waals surface area contributed by atoms with Crippen molar-refractivity contribution >= 4 is 23.6 Å². The summed E-state index contributed by atoms with van der Waals surface area (Å²) >= 11 is 1.54. The highest BCUT2D eigenvalue weighted by Gasteiger charge is 2.45. The minimum Gasteiger partial charge on any atom is -0.480 e. The van der Waals surface area contributed by atoms with Crippen molar-refractivity contribution in [2.75, 3.05) is 5.75 Å². The fourth-order valence-corrected chi connectivity index (χ4v) is 3.93. The van der Waals surface area contributed by atoms with E-state index in [-0.39, 0.29) is 11.3 Å². The topological polar surface area (TPSA) is 83.6 Å². The van der Waals surface area contributed by atoms with Gasteiger partial charge < -0.3 is 15.7 Å². The number of carbonyl (C=O) groups excluding carboxylic acids is 1. The zero-order valence-corrected chi connectivity index (χ0v) is 12.7. The van der Waals surface area contributed by atoms with Gasteiger partial charge in [0.25, 0.3) is 0 Å². The number of rotatable bonds is 6. The average Bonchev–Trinajstić information content (AvgIpc) is 2.72. The van der Waals surface area contributed by atoms with Gasteiger partial charge in [-0.25, -0.2) is 4.79 Å². The molecule has 0 aromatic heterocycles. The summed E-state index contributed by atoms with van der Waals surface area (Å²) in [6.45, 7) is 5.70. The third-order valence-electron chi connectivity index (χ3n) is 3.41. The van der Waals surface area contributed by atoms with Crippen LogP contribution >= 0.6 is 11.8 Å². The number of hydrogen-bond acceptors (Lipinski definition) is 4. The molecule has 0 bridgehead atoms. The first-order valence-corrected chi connectivity index (χ1v) is 7.86. The lowest BCUT2D eigenvalue weighted by molar-refractivity contribution is -0.151. The number of hydrogen-bond donors (Lipinski definition) is 2. The summed E-state index contributed by atoms with van der Waals surface area (Å²) in [5.41, 5.74) is 5.11. The molecule has 1 heterocycles. The third kappa shape index (κ3) is 3.63. The molecular formula is C13H24N2O3S. The van der Waals surface area contributed by atoms with E-state index in [1.54, 1.807) is 18.7 Å². The molecule has 3 atom stereocenters. The number of nitrogens with two attached hydrogens (primary N) is 1. The van der Waals surface area contributed by atoms with Crippen molar-refractivity contribution in [2.45, 2.75) is 63.4 Å². The maximum Gasteiger partial charge on any atom is 0.327 e. The molecule has 1 aliphatic heterocycles. The van der Waals surface area contributed by atoms with Gasteiger partial charge in [0.2, 0.25) is 5.91 Å². The second-order valence-corrected chi connectivity index (χ2v) is 6.52. The zero-order valence-electron chi connectivity index (χ0n) is 11.9. The van der Waals surface area contributed by atoms with Crippen LogP contribution in [0.4, 0.5) is 0 Å². The van der Waals surface area contributed by atoms with E-state index in [1.807, 2.05) is 13.8 Å². The highest BCUT2D eigenvalue weighted by molar-refractivity contribution is 8.00. The van der Waals surface area contributed by atoms with E-state index >= 15 is 0 Å². The van der Waals surface area contributed by atoms with Gasteiger partial charge in [-0.1, -0.05) is 26.7 Å². The predicted molar refractivity (Wildman–Crippen MR) is 76.9 cm³/mol. The van der Waals surface area contributed by atoms with Crippen LogP contribution in [0.1, 0.15) is 46.5 Å². The summed E-state index contributed by atoms with van der Waals surface area (Å²) in [5, 5.41) is 9.21. The van der Waals surface area contributed by atoms with Crippen molar-refractivity contribution in [3.63, 3.8) is 0 Å². The maximum absolute atomic E-state index is 12.6. The lowest BCUT2D eigenvalue weighted by Gasteiger charge is -2.34. The molecule has 1 saturated heterocycles. The first kappa shape index (κ1) is 16.3. The SMILES string of the molecule is CCCC1SCC(C(=O)O)N1C(=O)C(C)(N)CCC. The molecule has 3 unspecified atom stereocenters. The Hall–Kier alpha value is -0.750. The molecule has 1 fully saturated rings. The van der Waals surface area contributed by atoms with Gasteiger partial charge >= 0.3 is 5.97 Å². The molecule has 19 heavy (non-hydrogen) atoms. The van der Waals surface area contributed by atoms with E-state index in [2.05, 4.69) is 0 Å². The number of aliphatic carboxylic acids is 1. The van der Waals surface area contributed by atoms with Crippen LogP contribution < -0.4 is 5.73 Å². The first-order valence-electron chi connectivity index (χ1n) is 6.81. The first-order chi connectivity index (χ1) is 8.85. The van der Waals surface area contributed by atoms with E-state index < -0.39 is 17.6 Å². The molecule has 0 aromatic carbocycles. The van der Waals surface area contributed by atoms with Crippen LogP contribution in [-0.2, 0) is 9.59 Å². The van der Waals surface area contributed by atoms with E-state index in [0.29, 0.717) is 12.2 Å². The molecule has 0 saturated carbocycles. The highest BCUT2D eigenvalue weighted by Crippen LogP contribution is 2.34. The van der Waals surface area contributed by atoms with Crippen molar-refractivity contribution < 1.29 is 14.7 Å². The van der Waals surface area contributed by atoms with Crippen LogP contribution in [0.5, 0.6) is 0 Å². The quantitative estimate of drug-likeness (QED) is 0.776. The lowest BCUT2D eigenvalue weighted by Crippen LogP contribution is -2.58. The van der Waals surface area contributed by atoms with Crippen molar-refractivity contribution in [2.24, 2.45) is 5.73 Å². The summed E-state index contributed by atoms with van der Waals surface area (Å²) in [6, 6.07) is -0.742. The smallest absolute Gasteiger partial charge is 0.327 e. The Morgan fingerprint density at radius 1 is 1.42 bits per heavy atom. The molecule has 1 aliphatic rings. The van der Waals surface area contributed by atoms with Crippen LogP contribution in [0.25, 0.3) is 0 Å².